The maximum Gasteiger partial charge on any atom is 0.203 e. The van der Waals surface area contributed by atoms with E-state index in [9.17, 15) is 0 Å². The van der Waals surface area contributed by atoms with E-state index in [4.69, 9.17) is 5.26 Å². The first-order valence-electron chi connectivity index (χ1n) is 1.78. The van der Waals surface area contributed by atoms with Crippen LogP contribution in [0.15, 0.2) is 16.7 Å². The highest BCUT2D eigenvalue weighted by atomic mass is 16.3. The molecule has 7 heavy (non-hydrogen) atoms. The molecule has 0 N–H and O–H groups in total. The fraction of sp³-hybridized carbons (Fsp3) is 0. The van der Waals surface area contributed by atoms with Crippen LogP contribution in [-0.4, -0.2) is 0 Å². The average Bonchev–Trinajstić information content (AvgIpc) is 2.14. The molecule has 1 rings (SSSR count). The van der Waals surface area contributed by atoms with E-state index in [1.807, 2.05) is 6.07 Å². The molecule has 33 valence electrons. The zero-order valence-electron chi connectivity index (χ0n) is 3.51. The van der Waals surface area contributed by atoms with Crippen molar-refractivity contribution in [3.63, 3.8) is 0 Å². The highest BCUT2D eigenvalue weighted by Gasteiger charge is 1.84. The number of nitriles is 1. The first-order chi connectivity index (χ1) is 3.43. The Kier molecular flexibility index (Phi) is 0.833. The highest BCUT2D eigenvalue weighted by Crippen LogP contribution is 1.93. The molecule has 0 aliphatic rings. The van der Waals surface area contributed by atoms with Gasteiger partial charge in [-0.3, -0.25) is 0 Å². The van der Waals surface area contributed by atoms with Gasteiger partial charge in [-0.25, -0.2) is 0 Å². The van der Waals surface area contributed by atoms with Crippen LogP contribution in [0.1, 0.15) is 5.76 Å². The second kappa shape index (κ2) is 1.48. The molecular weight excluding hydrogens is 90.1 g/mol. The van der Waals surface area contributed by atoms with Crippen molar-refractivity contribution in [1.29, 1.82) is 5.26 Å². The summed E-state index contributed by atoms with van der Waals surface area (Å²) in [5.41, 5.74) is 0. The maximum atomic E-state index is 8.06. The van der Waals surface area contributed by atoms with Gasteiger partial charge in [-0.2, -0.15) is 5.26 Å². The van der Waals surface area contributed by atoms with Crippen molar-refractivity contribution in [3.05, 3.63) is 24.2 Å². The minimum atomic E-state index is 0.306. The predicted octanol–water partition coefficient (Wildman–Crippen LogP) is 0.951. The Balaban J connectivity index is 3.04. The number of hydrogen-bond donors (Lipinski definition) is 0. The van der Waals surface area contributed by atoms with E-state index in [1.165, 1.54) is 12.3 Å². The molecule has 1 aromatic rings. The number of hydrogen-bond acceptors (Lipinski definition) is 2. The number of furan rings is 1. The van der Waals surface area contributed by atoms with Gasteiger partial charge in [0.05, 0.1) is 0 Å². The molecule has 0 aliphatic carbocycles. The van der Waals surface area contributed by atoms with E-state index in [-0.39, 0.29) is 0 Å². The van der Waals surface area contributed by atoms with Gasteiger partial charge in [0.2, 0.25) is 5.76 Å². The van der Waals surface area contributed by atoms with Crippen LogP contribution in [0.3, 0.4) is 0 Å². The molecule has 0 saturated heterocycles. The lowest BCUT2D eigenvalue weighted by atomic mass is 10.5. The zero-order valence-corrected chi connectivity index (χ0v) is 3.51. The van der Waals surface area contributed by atoms with Gasteiger partial charge in [-0.05, 0) is 0 Å². The molecule has 1 heterocycles. The van der Waals surface area contributed by atoms with Crippen molar-refractivity contribution in [3.8, 4) is 6.07 Å². The van der Waals surface area contributed by atoms with E-state index >= 15 is 0 Å². The Morgan fingerprint density at radius 1 is 1.86 bits per heavy atom. The Morgan fingerprint density at radius 2 is 2.71 bits per heavy atom. The molecular formula is C5H2NO. The van der Waals surface area contributed by atoms with E-state index in [0.717, 1.165) is 0 Å². The van der Waals surface area contributed by atoms with E-state index in [0.29, 0.717) is 5.76 Å². The molecule has 0 atom stereocenters. The lowest BCUT2D eigenvalue weighted by Gasteiger charge is -1.65. The summed E-state index contributed by atoms with van der Waals surface area (Å²) in [6.07, 6.45) is 1.35. The van der Waals surface area contributed by atoms with Crippen LogP contribution in [0.4, 0.5) is 0 Å². The van der Waals surface area contributed by atoms with Crippen molar-refractivity contribution in [2.75, 3.05) is 0 Å². The molecule has 0 amide bonds. The molecule has 2 heteroatoms. The monoisotopic (exact) mass is 92.0 g/mol. The number of nitrogens with zero attached hydrogens (tertiary/aromatic N) is 1. The summed E-state index contributed by atoms with van der Waals surface area (Å²) >= 11 is 0. The van der Waals surface area contributed by atoms with Gasteiger partial charge in [0.15, 0.2) is 0 Å². The Labute approximate surface area is 41.0 Å². The molecule has 0 bridgehead atoms. The SMILES string of the molecule is N#Cc1c[c]co1. The second-order valence-electron chi connectivity index (χ2n) is 1.02. The minimum Gasteiger partial charge on any atom is -0.453 e. The first-order valence-corrected chi connectivity index (χ1v) is 1.78. The van der Waals surface area contributed by atoms with Gasteiger partial charge in [0.25, 0.3) is 0 Å². The summed E-state index contributed by atoms with van der Waals surface area (Å²) in [4.78, 5) is 0. The average molecular weight is 92.1 g/mol. The molecule has 0 fully saturated rings. The third kappa shape index (κ3) is 0.606. The Hall–Kier alpha value is -1.23. The molecule has 0 saturated carbocycles. The summed E-state index contributed by atoms with van der Waals surface area (Å²) in [5.74, 6) is 0.306. The molecule has 0 spiro atoms. The molecule has 0 unspecified atom stereocenters. The third-order valence-corrected chi connectivity index (χ3v) is 0.579. The fourth-order valence-electron chi connectivity index (χ4n) is 0.300. The smallest absolute Gasteiger partial charge is 0.203 e. The van der Waals surface area contributed by atoms with Crippen LogP contribution < -0.4 is 0 Å². The lowest BCUT2D eigenvalue weighted by Crippen LogP contribution is -1.54. The summed E-state index contributed by atoms with van der Waals surface area (Å²) in [6, 6.07) is 5.89. The molecule has 2 nitrogen and oxygen atoms in total. The van der Waals surface area contributed by atoms with Crippen molar-refractivity contribution in [2.45, 2.75) is 0 Å². The highest BCUT2D eigenvalue weighted by molar-refractivity contribution is 5.13. The zero-order chi connectivity index (χ0) is 5.11. The number of rotatable bonds is 0. The second-order valence-corrected chi connectivity index (χ2v) is 1.02. The van der Waals surface area contributed by atoms with E-state index < -0.39 is 0 Å². The summed E-state index contributed by atoms with van der Waals surface area (Å²) in [6.45, 7) is 0. The van der Waals surface area contributed by atoms with Gasteiger partial charge in [-0.1, -0.05) is 0 Å². The van der Waals surface area contributed by atoms with Crippen LogP contribution in [0.25, 0.3) is 0 Å². The van der Waals surface area contributed by atoms with Crippen molar-refractivity contribution in [1.82, 2.24) is 0 Å². The maximum absolute atomic E-state index is 8.06. The van der Waals surface area contributed by atoms with Gasteiger partial charge >= 0.3 is 0 Å². The molecule has 1 radical (unpaired) electrons. The molecule has 0 aliphatic heterocycles. The Morgan fingerprint density at radius 3 is 3.00 bits per heavy atom. The summed E-state index contributed by atoms with van der Waals surface area (Å²) in [5, 5.41) is 8.06. The molecule has 1 aromatic heterocycles. The van der Waals surface area contributed by atoms with Crippen LogP contribution in [0.5, 0.6) is 0 Å². The van der Waals surface area contributed by atoms with E-state index in [1.54, 1.807) is 0 Å². The Bertz CT molecular complexity index is 170. The van der Waals surface area contributed by atoms with Crippen LogP contribution >= 0.6 is 0 Å². The van der Waals surface area contributed by atoms with Crippen LogP contribution in [0, 0.1) is 17.4 Å². The largest absolute Gasteiger partial charge is 0.453 e. The standard InChI is InChI=1S/C5H2NO/c6-4-5-2-1-3-7-5/h2-3H. The van der Waals surface area contributed by atoms with Crippen LogP contribution in [-0.2, 0) is 0 Å². The van der Waals surface area contributed by atoms with Gasteiger partial charge < -0.3 is 4.42 Å². The first kappa shape index (κ1) is 3.94. The lowest BCUT2D eigenvalue weighted by molar-refractivity contribution is 0.552. The predicted molar refractivity (Wildman–Crippen MR) is 22.3 cm³/mol. The van der Waals surface area contributed by atoms with Gasteiger partial charge in [-0.15, -0.1) is 0 Å². The van der Waals surface area contributed by atoms with Crippen molar-refractivity contribution in [2.24, 2.45) is 0 Å². The van der Waals surface area contributed by atoms with Crippen molar-refractivity contribution >= 4 is 0 Å². The quantitative estimate of drug-likeness (QED) is 0.477. The minimum absolute atomic E-state index is 0.306. The van der Waals surface area contributed by atoms with E-state index in [2.05, 4.69) is 10.5 Å². The van der Waals surface area contributed by atoms with Gasteiger partial charge in [0, 0.05) is 12.1 Å². The summed E-state index contributed by atoms with van der Waals surface area (Å²) < 4.78 is 4.57. The van der Waals surface area contributed by atoms with Gasteiger partial charge in [0.1, 0.15) is 12.3 Å². The normalized spacial score (nSPS) is 7.86. The third-order valence-electron chi connectivity index (χ3n) is 0.579. The van der Waals surface area contributed by atoms with Crippen LogP contribution in [0.2, 0.25) is 0 Å². The fourth-order valence-corrected chi connectivity index (χ4v) is 0.300. The van der Waals surface area contributed by atoms with Crippen molar-refractivity contribution < 1.29 is 4.42 Å². The molecule has 0 aromatic carbocycles. The summed E-state index contributed by atoms with van der Waals surface area (Å²) in [7, 11) is 0. The topological polar surface area (TPSA) is 36.9 Å².